The van der Waals surface area contributed by atoms with Crippen LogP contribution in [0.5, 0.6) is 0 Å². The van der Waals surface area contributed by atoms with Gasteiger partial charge < -0.3 is 41.7 Å². The van der Waals surface area contributed by atoms with Crippen LogP contribution in [0.25, 0.3) is 0 Å². The number of hydrogen-bond donors (Lipinski definition) is 6. The molecule has 14 nitrogen and oxygen atoms in total. The summed E-state index contributed by atoms with van der Waals surface area (Å²) < 4.78 is 5.82. The summed E-state index contributed by atoms with van der Waals surface area (Å²) in [5, 5.41) is 20.6. The minimum absolute atomic E-state index is 0.260. The average molecular weight is 709 g/mol. The number of rotatable bonds is 15. The smallest absolute Gasteiger partial charge is 0.325 e. The van der Waals surface area contributed by atoms with Crippen molar-refractivity contribution >= 4 is 35.5 Å². The number of nitrogens with one attached hydrogen (secondary N) is 4. The minimum Gasteiger partial charge on any atom is -0.460 e. The molecule has 0 bridgehead atoms. The van der Waals surface area contributed by atoms with Crippen molar-refractivity contribution in [2.24, 2.45) is 23.5 Å². The molecule has 1 saturated heterocycles. The van der Waals surface area contributed by atoms with Crippen LogP contribution in [0.4, 0.5) is 0 Å². The zero-order valence-electron chi connectivity index (χ0n) is 31.1. The van der Waals surface area contributed by atoms with Crippen molar-refractivity contribution in [2.75, 3.05) is 20.1 Å². The molecule has 1 aliphatic heterocycles. The van der Waals surface area contributed by atoms with Crippen LogP contribution < -0.4 is 27.0 Å². The number of nitrogens with two attached hydrogens (primary N) is 1. The fourth-order valence-corrected chi connectivity index (χ4v) is 6.22. The lowest BCUT2D eigenvalue weighted by molar-refractivity contribution is -0.157. The highest BCUT2D eigenvalue weighted by molar-refractivity contribution is 5.96. The molecule has 0 aromatic carbocycles. The summed E-state index contributed by atoms with van der Waals surface area (Å²) in [6, 6.07) is -4.70. The highest BCUT2D eigenvalue weighted by Gasteiger charge is 2.40. The molecule has 1 saturated carbocycles. The zero-order chi connectivity index (χ0) is 37.4. The first-order valence-electron chi connectivity index (χ1n) is 18.8. The van der Waals surface area contributed by atoms with Crippen molar-refractivity contribution in [1.82, 2.24) is 26.2 Å². The predicted molar refractivity (Wildman–Crippen MR) is 189 cm³/mol. The van der Waals surface area contributed by atoms with E-state index in [1.165, 1.54) is 31.1 Å². The van der Waals surface area contributed by atoms with Crippen molar-refractivity contribution in [3.63, 3.8) is 0 Å². The monoisotopic (exact) mass is 708 g/mol. The van der Waals surface area contributed by atoms with E-state index in [2.05, 4.69) is 28.2 Å². The van der Waals surface area contributed by atoms with E-state index in [9.17, 15) is 33.9 Å². The standard InChI is InChI=1S/C36H64N6O8/c1-7-9-10-11-12-13-14-15-16-28-23(4)36(49)42(6)27(19-25-17-18-25)33(46)40-30(22(3)8-2)35(48)39-26(20-37)32(45)41-31(24(5)43)34(47)38-21-29(44)50-28/h22-28,30-31,43H,7-21,37H2,1-6H3,(H,38,47)(H,39,48)(H,40,46)(H,41,45)/t22-,23-,24+,26?,27+,28-,30+,31+/m1/s1. The van der Waals surface area contributed by atoms with E-state index >= 15 is 0 Å². The molecule has 14 heteroatoms. The lowest BCUT2D eigenvalue weighted by Gasteiger charge is -2.34. The number of cyclic esters (lactones) is 1. The van der Waals surface area contributed by atoms with Crippen LogP contribution in [0.1, 0.15) is 118 Å². The SMILES string of the molecule is CCCCCCCCCC[C@H]1OC(=O)CNC(=O)[C@H]([C@H](C)O)NC(=O)C(CN)NC(=O)[C@H]([C@H](C)CC)NC(=O)[C@H](CC2CC2)N(C)C(=O)[C@@H]1C. The fourth-order valence-electron chi connectivity index (χ4n) is 6.22. The van der Waals surface area contributed by atoms with Gasteiger partial charge in [0.2, 0.25) is 29.5 Å². The summed E-state index contributed by atoms with van der Waals surface area (Å²) in [4.78, 5) is 82.3. The molecule has 0 aromatic heterocycles. The Hall–Kier alpha value is -3.26. The predicted octanol–water partition coefficient (Wildman–Crippen LogP) is 1.66. The largest absolute Gasteiger partial charge is 0.460 e. The maximum Gasteiger partial charge on any atom is 0.325 e. The molecular formula is C36H64N6O8. The summed E-state index contributed by atoms with van der Waals surface area (Å²) in [5.74, 6) is -4.85. The summed E-state index contributed by atoms with van der Waals surface area (Å²) in [6.07, 6.45) is 9.53. The highest BCUT2D eigenvalue weighted by Crippen LogP contribution is 2.35. The number of aliphatic hydroxyl groups excluding tert-OH is 1. The number of aliphatic hydroxyl groups is 1. The Morgan fingerprint density at radius 2 is 1.44 bits per heavy atom. The van der Waals surface area contributed by atoms with Crippen molar-refractivity contribution in [3.8, 4) is 0 Å². The maximum atomic E-state index is 14.0. The van der Waals surface area contributed by atoms with E-state index in [0.717, 1.165) is 44.9 Å². The van der Waals surface area contributed by atoms with E-state index < -0.39 is 78.4 Å². The van der Waals surface area contributed by atoms with Gasteiger partial charge in [0.15, 0.2) is 0 Å². The molecule has 8 atom stereocenters. The van der Waals surface area contributed by atoms with Crippen LogP contribution in [0.3, 0.4) is 0 Å². The number of nitrogens with zero attached hydrogens (tertiary/aromatic N) is 1. The second-order valence-electron chi connectivity index (χ2n) is 14.3. The van der Waals surface area contributed by atoms with E-state index in [1.54, 1.807) is 20.9 Å². The van der Waals surface area contributed by atoms with Crippen LogP contribution in [-0.4, -0.2) is 102 Å². The van der Waals surface area contributed by atoms with Gasteiger partial charge in [-0.15, -0.1) is 0 Å². The summed E-state index contributed by atoms with van der Waals surface area (Å²) in [5.41, 5.74) is 5.84. The van der Waals surface area contributed by atoms with Crippen molar-refractivity contribution in [2.45, 2.75) is 154 Å². The summed E-state index contributed by atoms with van der Waals surface area (Å²) in [7, 11) is 1.56. The number of hydrogen-bond acceptors (Lipinski definition) is 9. The molecule has 50 heavy (non-hydrogen) atoms. The first-order valence-corrected chi connectivity index (χ1v) is 18.8. The van der Waals surface area contributed by atoms with Crippen molar-refractivity contribution < 1.29 is 38.6 Å². The molecule has 5 amide bonds. The Morgan fingerprint density at radius 3 is 2.00 bits per heavy atom. The minimum atomic E-state index is -1.47. The Morgan fingerprint density at radius 1 is 0.840 bits per heavy atom. The first-order chi connectivity index (χ1) is 23.7. The van der Waals surface area contributed by atoms with Crippen LogP contribution >= 0.6 is 0 Å². The normalized spacial score (nSPS) is 27.9. The number of likely N-dealkylation sites (N-methyl/N-ethyl adjacent to an activating group) is 1. The average Bonchev–Trinajstić information content (AvgIpc) is 3.92. The van der Waals surface area contributed by atoms with E-state index in [1.807, 2.05) is 6.92 Å². The molecule has 1 heterocycles. The number of amides is 5. The number of ether oxygens (including phenoxy) is 1. The van der Waals surface area contributed by atoms with Gasteiger partial charge in [-0.2, -0.15) is 0 Å². The van der Waals surface area contributed by atoms with Gasteiger partial charge in [0, 0.05) is 13.6 Å². The van der Waals surface area contributed by atoms with Gasteiger partial charge in [-0.05, 0) is 38.0 Å². The highest BCUT2D eigenvalue weighted by atomic mass is 16.5. The van der Waals surface area contributed by atoms with Crippen molar-refractivity contribution in [3.05, 3.63) is 0 Å². The lowest BCUT2D eigenvalue weighted by Crippen LogP contribution is -2.62. The lowest BCUT2D eigenvalue weighted by atomic mass is 9.94. The third-order valence-electron chi connectivity index (χ3n) is 10.1. The molecule has 1 aliphatic carbocycles. The number of carbonyl (C=O) groups excluding carboxylic acids is 6. The zero-order valence-corrected chi connectivity index (χ0v) is 31.1. The van der Waals surface area contributed by atoms with E-state index in [-0.39, 0.29) is 24.3 Å². The molecule has 0 spiro atoms. The Labute approximate surface area is 298 Å². The van der Waals surface area contributed by atoms with Crippen LogP contribution in [-0.2, 0) is 33.5 Å². The third kappa shape index (κ3) is 13.8. The molecule has 2 rings (SSSR count). The summed E-state index contributed by atoms with van der Waals surface area (Å²) in [6.45, 7) is 7.91. The van der Waals surface area contributed by atoms with Gasteiger partial charge in [0.05, 0.1) is 12.0 Å². The number of carbonyl (C=O) groups is 6. The molecular weight excluding hydrogens is 644 g/mol. The number of unbranched alkanes of at least 4 members (excludes halogenated alkanes) is 7. The van der Waals surface area contributed by atoms with Crippen molar-refractivity contribution in [1.29, 1.82) is 0 Å². The Balaban J connectivity index is 2.42. The quantitative estimate of drug-likeness (QED) is 0.108. The fraction of sp³-hybridized carbons (Fsp3) is 0.833. The van der Waals surface area contributed by atoms with E-state index in [4.69, 9.17) is 10.5 Å². The Bertz CT molecular complexity index is 1130. The molecule has 1 unspecified atom stereocenters. The summed E-state index contributed by atoms with van der Waals surface area (Å²) >= 11 is 0. The number of esters is 1. The second kappa shape index (κ2) is 21.8. The topological polar surface area (TPSA) is 209 Å². The molecule has 0 radical (unpaired) electrons. The molecule has 286 valence electrons. The molecule has 7 N–H and O–H groups in total. The first kappa shape index (κ1) is 42.9. The van der Waals surface area contributed by atoms with Gasteiger partial charge in [0.1, 0.15) is 36.8 Å². The van der Waals surface area contributed by atoms with Crippen LogP contribution in [0.2, 0.25) is 0 Å². The maximum absolute atomic E-state index is 14.0. The molecule has 2 aliphatic rings. The second-order valence-corrected chi connectivity index (χ2v) is 14.3. The van der Waals surface area contributed by atoms with Crippen LogP contribution in [0, 0.1) is 17.8 Å². The molecule has 0 aromatic rings. The molecule has 2 fully saturated rings. The Kier molecular flexibility index (Phi) is 18.7. The van der Waals surface area contributed by atoms with Gasteiger partial charge in [-0.25, -0.2) is 0 Å². The van der Waals surface area contributed by atoms with Gasteiger partial charge in [-0.1, -0.05) is 91.9 Å². The van der Waals surface area contributed by atoms with E-state index in [0.29, 0.717) is 19.3 Å². The third-order valence-corrected chi connectivity index (χ3v) is 10.1. The van der Waals surface area contributed by atoms with Gasteiger partial charge in [-0.3, -0.25) is 28.8 Å². The van der Waals surface area contributed by atoms with Crippen LogP contribution in [0.15, 0.2) is 0 Å². The van der Waals surface area contributed by atoms with Gasteiger partial charge in [0.25, 0.3) is 0 Å². The van der Waals surface area contributed by atoms with Gasteiger partial charge >= 0.3 is 5.97 Å².